The van der Waals surface area contributed by atoms with Crippen molar-refractivity contribution < 1.29 is 0 Å². The van der Waals surface area contributed by atoms with Crippen molar-refractivity contribution in [3.63, 3.8) is 0 Å². The molecule has 16 heavy (non-hydrogen) atoms. The standard InChI is InChI=1S/C12H8N4/c13-9-11-3-1-5-15-12(11)4-2-7-16-8-6-14-10-16/h1,3,5-6,8,10H,7H2. The van der Waals surface area contributed by atoms with E-state index in [1.807, 2.05) is 10.8 Å². The molecule has 0 N–H and O–H groups in total. The highest BCUT2D eigenvalue weighted by atomic mass is 15.0. The molecule has 0 fully saturated rings. The summed E-state index contributed by atoms with van der Waals surface area (Å²) in [6.07, 6.45) is 6.85. The van der Waals surface area contributed by atoms with Gasteiger partial charge in [-0.15, -0.1) is 0 Å². The Morgan fingerprint density at radius 1 is 1.38 bits per heavy atom. The van der Waals surface area contributed by atoms with Crippen molar-refractivity contribution in [3.05, 3.63) is 48.3 Å². The number of hydrogen-bond donors (Lipinski definition) is 0. The van der Waals surface area contributed by atoms with Crippen molar-refractivity contribution in [2.75, 3.05) is 0 Å². The summed E-state index contributed by atoms with van der Waals surface area (Å²) >= 11 is 0. The number of nitrogens with zero attached hydrogens (tertiary/aromatic N) is 4. The first-order valence-corrected chi connectivity index (χ1v) is 4.70. The highest BCUT2D eigenvalue weighted by Crippen LogP contribution is 2.00. The van der Waals surface area contributed by atoms with Gasteiger partial charge in [0.15, 0.2) is 0 Å². The molecule has 0 saturated carbocycles. The lowest BCUT2D eigenvalue weighted by Gasteiger charge is -1.93. The number of rotatable bonds is 1. The average Bonchev–Trinajstić information content (AvgIpc) is 2.83. The van der Waals surface area contributed by atoms with Crippen LogP contribution in [-0.2, 0) is 6.54 Å². The second kappa shape index (κ2) is 4.77. The van der Waals surface area contributed by atoms with Crippen LogP contribution in [-0.4, -0.2) is 14.5 Å². The first kappa shape index (κ1) is 9.95. The van der Waals surface area contributed by atoms with Crippen molar-refractivity contribution in [2.24, 2.45) is 0 Å². The smallest absolute Gasteiger partial charge is 0.130 e. The zero-order valence-electron chi connectivity index (χ0n) is 8.46. The molecule has 0 atom stereocenters. The molecule has 4 heteroatoms. The summed E-state index contributed by atoms with van der Waals surface area (Å²) in [7, 11) is 0. The van der Waals surface area contributed by atoms with Crippen LogP contribution >= 0.6 is 0 Å². The third-order valence-corrected chi connectivity index (χ3v) is 1.96. The maximum absolute atomic E-state index is 8.83. The van der Waals surface area contributed by atoms with E-state index in [0.717, 1.165) is 0 Å². The molecule has 0 aliphatic heterocycles. The summed E-state index contributed by atoms with van der Waals surface area (Å²) in [6, 6.07) is 5.48. The van der Waals surface area contributed by atoms with E-state index >= 15 is 0 Å². The molecule has 76 valence electrons. The topological polar surface area (TPSA) is 54.5 Å². The summed E-state index contributed by atoms with van der Waals surface area (Å²) in [6.45, 7) is 0.543. The summed E-state index contributed by atoms with van der Waals surface area (Å²) in [5.41, 5.74) is 1.02. The fourth-order valence-corrected chi connectivity index (χ4v) is 1.19. The Hall–Kier alpha value is -2.59. The molecule has 0 saturated heterocycles. The minimum absolute atomic E-state index is 0.501. The summed E-state index contributed by atoms with van der Waals surface area (Å²) in [5, 5.41) is 8.83. The summed E-state index contributed by atoms with van der Waals surface area (Å²) in [4.78, 5) is 7.96. The van der Waals surface area contributed by atoms with Gasteiger partial charge in [0, 0.05) is 18.6 Å². The second-order valence-corrected chi connectivity index (χ2v) is 3.05. The number of aromatic nitrogens is 3. The maximum atomic E-state index is 8.83. The van der Waals surface area contributed by atoms with Gasteiger partial charge in [0.05, 0.1) is 18.4 Å². The first-order chi connectivity index (χ1) is 7.90. The predicted molar refractivity (Wildman–Crippen MR) is 58.1 cm³/mol. The first-order valence-electron chi connectivity index (χ1n) is 4.70. The van der Waals surface area contributed by atoms with Crippen LogP contribution in [0, 0.1) is 23.2 Å². The fraction of sp³-hybridized carbons (Fsp3) is 0.0833. The average molecular weight is 208 g/mol. The molecule has 0 bridgehead atoms. The van der Waals surface area contributed by atoms with E-state index < -0.39 is 0 Å². The summed E-state index contributed by atoms with van der Waals surface area (Å²) in [5.74, 6) is 5.81. The lowest BCUT2D eigenvalue weighted by Crippen LogP contribution is -1.92. The maximum Gasteiger partial charge on any atom is 0.130 e. The molecule has 0 unspecified atom stereocenters. The van der Waals surface area contributed by atoms with Crippen molar-refractivity contribution in [1.82, 2.24) is 14.5 Å². The van der Waals surface area contributed by atoms with Gasteiger partial charge in [-0.3, -0.25) is 0 Å². The van der Waals surface area contributed by atoms with E-state index in [4.69, 9.17) is 5.26 Å². The Morgan fingerprint density at radius 2 is 2.31 bits per heavy atom. The van der Waals surface area contributed by atoms with E-state index in [9.17, 15) is 0 Å². The zero-order valence-corrected chi connectivity index (χ0v) is 8.46. The lowest BCUT2D eigenvalue weighted by molar-refractivity contribution is 0.839. The van der Waals surface area contributed by atoms with Crippen LogP contribution in [0.3, 0.4) is 0 Å². The molecule has 0 radical (unpaired) electrons. The minimum atomic E-state index is 0.501. The summed E-state index contributed by atoms with van der Waals surface area (Å²) < 4.78 is 1.85. The van der Waals surface area contributed by atoms with Crippen molar-refractivity contribution in [2.45, 2.75) is 6.54 Å². The number of hydrogen-bond acceptors (Lipinski definition) is 3. The lowest BCUT2D eigenvalue weighted by atomic mass is 10.2. The molecule has 0 amide bonds. The molecule has 0 spiro atoms. The molecule has 2 aromatic heterocycles. The Bertz CT molecular complexity index is 567. The van der Waals surface area contributed by atoms with Crippen LogP contribution in [0.15, 0.2) is 37.1 Å². The Morgan fingerprint density at radius 3 is 3.06 bits per heavy atom. The largest absolute Gasteiger partial charge is 0.326 e. The molecule has 2 heterocycles. The van der Waals surface area contributed by atoms with Crippen molar-refractivity contribution in [3.8, 4) is 17.9 Å². The Balaban J connectivity index is 2.16. The zero-order chi connectivity index (χ0) is 11.2. The second-order valence-electron chi connectivity index (χ2n) is 3.05. The van der Waals surface area contributed by atoms with E-state index in [-0.39, 0.29) is 0 Å². The Kier molecular flexibility index (Phi) is 2.96. The van der Waals surface area contributed by atoms with Crippen LogP contribution in [0.25, 0.3) is 0 Å². The quantitative estimate of drug-likeness (QED) is 0.662. The van der Waals surface area contributed by atoms with Gasteiger partial charge in [0.25, 0.3) is 0 Å². The predicted octanol–water partition coefficient (Wildman–Crippen LogP) is 1.20. The van der Waals surface area contributed by atoms with Crippen molar-refractivity contribution in [1.29, 1.82) is 5.26 Å². The molecule has 2 aromatic rings. The van der Waals surface area contributed by atoms with Crippen LogP contribution in [0.4, 0.5) is 0 Å². The van der Waals surface area contributed by atoms with Gasteiger partial charge in [-0.2, -0.15) is 5.26 Å². The van der Waals surface area contributed by atoms with E-state index in [0.29, 0.717) is 17.8 Å². The van der Waals surface area contributed by atoms with E-state index in [1.165, 1.54) is 0 Å². The molecule has 2 rings (SSSR count). The van der Waals surface area contributed by atoms with E-state index in [2.05, 4.69) is 27.9 Å². The third-order valence-electron chi connectivity index (χ3n) is 1.96. The van der Waals surface area contributed by atoms with Gasteiger partial charge in [-0.05, 0) is 18.1 Å². The molecular formula is C12H8N4. The van der Waals surface area contributed by atoms with Gasteiger partial charge in [-0.1, -0.05) is 5.92 Å². The monoisotopic (exact) mass is 208 g/mol. The molecule has 0 aromatic carbocycles. The van der Waals surface area contributed by atoms with Gasteiger partial charge < -0.3 is 4.57 Å². The highest BCUT2D eigenvalue weighted by molar-refractivity contribution is 5.42. The molecular weight excluding hydrogens is 200 g/mol. The van der Waals surface area contributed by atoms with Crippen LogP contribution < -0.4 is 0 Å². The van der Waals surface area contributed by atoms with Gasteiger partial charge >= 0.3 is 0 Å². The normalized spacial score (nSPS) is 8.94. The van der Waals surface area contributed by atoms with Gasteiger partial charge in [0.2, 0.25) is 0 Å². The molecule has 4 nitrogen and oxygen atoms in total. The van der Waals surface area contributed by atoms with E-state index in [1.54, 1.807) is 30.9 Å². The fourth-order valence-electron chi connectivity index (χ4n) is 1.19. The molecule has 0 aliphatic carbocycles. The van der Waals surface area contributed by atoms with Gasteiger partial charge in [0.1, 0.15) is 11.8 Å². The third kappa shape index (κ3) is 2.26. The van der Waals surface area contributed by atoms with Crippen LogP contribution in [0.2, 0.25) is 0 Å². The van der Waals surface area contributed by atoms with Crippen LogP contribution in [0.1, 0.15) is 11.3 Å². The number of imidazole rings is 1. The highest BCUT2D eigenvalue weighted by Gasteiger charge is 1.96. The van der Waals surface area contributed by atoms with Gasteiger partial charge in [-0.25, -0.2) is 9.97 Å². The Labute approximate surface area is 93.2 Å². The minimum Gasteiger partial charge on any atom is -0.326 e. The van der Waals surface area contributed by atoms with Crippen LogP contribution in [0.5, 0.6) is 0 Å². The SMILES string of the molecule is N#Cc1cccnc1C#CCn1ccnc1. The number of pyridine rings is 1. The number of nitriles is 1. The molecule has 0 aliphatic rings. The van der Waals surface area contributed by atoms with Crippen molar-refractivity contribution >= 4 is 0 Å².